The van der Waals surface area contributed by atoms with Gasteiger partial charge in [0, 0.05) is 36.1 Å². The van der Waals surface area contributed by atoms with Crippen LogP contribution in [0.25, 0.3) is 10.9 Å². The number of likely N-dealkylation sites (tertiary alicyclic amines) is 1. The van der Waals surface area contributed by atoms with Gasteiger partial charge in [0.2, 0.25) is 11.8 Å². The molecule has 1 fully saturated rings. The van der Waals surface area contributed by atoms with Crippen LogP contribution in [0.5, 0.6) is 0 Å². The van der Waals surface area contributed by atoms with E-state index in [0.717, 1.165) is 22.5 Å². The maximum absolute atomic E-state index is 12.5. The fourth-order valence-corrected chi connectivity index (χ4v) is 3.64. The smallest absolute Gasteiger partial charge is 0.225 e. The van der Waals surface area contributed by atoms with Crippen molar-refractivity contribution < 1.29 is 14.0 Å². The number of hydrogen-bond donors (Lipinski definition) is 2. The Morgan fingerprint density at radius 2 is 2.19 bits per heavy atom. The van der Waals surface area contributed by atoms with Crippen LogP contribution in [0, 0.1) is 19.8 Å². The molecule has 1 saturated heterocycles. The second-order valence-electron chi connectivity index (χ2n) is 7.23. The number of hydrogen-bond acceptors (Lipinski definition) is 3. The van der Waals surface area contributed by atoms with Crippen LogP contribution in [0.3, 0.4) is 0 Å². The zero-order valence-corrected chi connectivity index (χ0v) is 15.5. The van der Waals surface area contributed by atoms with Gasteiger partial charge in [0.25, 0.3) is 0 Å². The van der Waals surface area contributed by atoms with Crippen LogP contribution >= 0.6 is 0 Å². The molecule has 6 nitrogen and oxygen atoms in total. The highest BCUT2D eigenvalue weighted by molar-refractivity contribution is 5.89. The monoisotopic (exact) mass is 365 g/mol. The number of nitrogens with one attached hydrogen (secondary N) is 2. The first-order valence-corrected chi connectivity index (χ1v) is 9.17. The van der Waals surface area contributed by atoms with Gasteiger partial charge in [-0.25, -0.2) is 0 Å². The van der Waals surface area contributed by atoms with Crippen LogP contribution in [-0.2, 0) is 22.7 Å². The summed E-state index contributed by atoms with van der Waals surface area (Å²) in [5, 5.41) is 4.16. The van der Waals surface area contributed by atoms with Crippen molar-refractivity contribution in [2.75, 3.05) is 6.54 Å². The van der Waals surface area contributed by atoms with Crippen molar-refractivity contribution in [1.29, 1.82) is 0 Å². The van der Waals surface area contributed by atoms with E-state index in [2.05, 4.69) is 30.2 Å². The summed E-state index contributed by atoms with van der Waals surface area (Å²) in [6.07, 6.45) is 1.84. The summed E-state index contributed by atoms with van der Waals surface area (Å²) in [5.41, 5.74) is 4.55. The number of aromatic amines is 1. The number of aryl methyl sites for hydroxylation is 2. The summed E-state index contributed by atoms with van der Waals surface area (Å²) in [4.78, 5) is 29.7. The van der Waals surface area contributed by atoms with Crippen LogP contribution in [0.2, 0.25) is 0 Å². The minimum Gasteiger partial charge on any atom is -0.467 e. The molecule has 1 aliphatic heterocycles. The Labute approximate surface area is 157 Å². The summed E-state index contributed by atoms with van der Waals surface area (Å²) < 4.78 is 5.29. The van der Waals surface area contributed by atoms with Crippen LogP contribution < -0.4 is 5.32 Å². The molecule has 3 heterocycles. The molecule has 2 N–H and O–H groups in total. The lowest BCUT2D eigenvalue weighted by Gasteiger charge is -2.15. The molecule has 1 aliphatic rings. The number of amides is 2. The summed E-state index contributed by atoms with van der Waals surface area (Å²) in [7, 11) is 0. The zero-order chi connectivity index (χ0) is 19.0. The molecule has 0 bridgehead atoms. The van der Waals surface area contributed by atoms with Gasteiger partial charge in [-0.05, 0) is 49.2 Å². The SMILES string of the molecule is Cc1[nH]c2ccc(CNC(=O)C3CC(=O)N(Cc4ccco4)C3)cc2c1C. The van der Waals surface area contributed by atoms with Gasteiger partial charge < -0.3 is 19.6 Å². The molecule has 1 aromatic carbocycles. The van der Waals surface area contributed by atoms with E-state index in [1.165, 1.54) is 10.9 Å². The van der Waals surface area contributed by atoms with Crippen molar-refractivity contribution in [1.82, 2.24) is 15.2 Å². The topological polar surface area (TPSA) is 78.3 Å². The van der Waals surface area contributed by atoms with Gasteiger partial charge in [-0.2, -0.15) is 0 Å². The Balaban J connectivity index is 1.37. The Morgan fingerprint density at radius 3 is 2.96 bits per heavy atom. The van der Waals surface area contributed by atoms with Crippen molar-refractivity contribution >= 4 is 22.7 Å². The Kier molecular flexibility index (Phi) is 4.48. The highest BCUT2D eigenvalue weighted by Gasteiger charge is 2.34. The molecule has 0 saturated carbocycles. The van der Waals surface area contributed by atoms with Gasteiger partial charge in [-0.1, -0.05) is 6.07 Å². The first kappa shape index (κ1) is 17.4. The van der Waals surface area contributed by atoms with E-state index in [9.17, 15) is 9.59 Å². The number of benzene rings is 1. The molecule has 0 radical (unpaired) electrons. The van der Waals surface area contributed by atoms with Crippen molar-refractivity contribution in [3.8, 4) is 0 Å². The maximum atomic E-state index is 12.5. The van der Waals surface area contributed by atoms with Gasteiger partial charge in [0.05, 0.1) is 18.7 Å². The number of rotatable bonds is 5. The first-order valence-electron chi connectivity index (χ1n) is 9.17. The quantitative estimate of drug-likeness (QED) is 0.729. The fourth-order valence-electron chi connectivity index (χ4n) is 3.64. The fraction of sp³-hybridized carbons (Fsp3) is 0.333. The second-order valence-corrected chi connectivity index (χ2v) is 7.23. The molecule has 3 aromatic rings. The molecule has 1 unspecified atom stereocenters. The Bertz CT molecular complexity index is 988. The molecular formula is C21H23N3O3. The van der Waals surface area contributed by atoms with Gasteiger partial charge in [-0.3, -0.25) is 9.59 Å². The minimum absolute atomic E-state index is 0.00797. The van der Waals surface area contributed by atoms with Crippen LogP contribution in [0.15, 0.2) is 41.0 Å². The zero-order valence-electron chi connectivity index (χ0n) is 15.5. The Morgan fingerprint density at radius 1 is 1.33 bits per heavy atom. The van der Waals surface area contributed by atoms with Gasteiger partial charge in [-0.15, -0.1) is 0 Å². The van der Waals surface area contributed by atoms with Gasteiger partial charge >= 0.3 is 0 Å². The van der Waals surface area contributed by atoms with E-state index in [1.807, 2.05) is 18.2 Å². The van der Waals surface area contributed by atoms with Gasteiger partial charge in [0.1, 0.15) is 5.76 Å². The molecule has 0 aliphatic carbocycles. The Hall–Kier alpha value is -3.02. The predicted octanol–water partition coefficient (Wildman–Crippen LogP) is 3.04. The third-order valence-corrected chi connectivity index (χ3v) is 5.35. The van der Waals surface area contributed by atoms with E-state index in [1.54, 1.807) is 17.2 Å². The average Bonchev–Trinajstić information content (AvgIpc) is 3.36. The number of aromatic nitrogens is 1. The molecule has 27 heavy (non-hydrogen) atoms. The number of nitrogens with zero attached hydrogens (tertiary/aromatic N) is 1. The molecule has 4 rings (SSSR count). The lowest BCUT2D eigenvalue weighted by atomic mass is 10.1. The molecule has 2 amide bonds. The van der Waals surface area contributed by atoms with E-state index >= 15 is 0 Å². The molecule has 2 aromatic heterocycles. The third-order valence-electron chi connectivity index (χ3n) is 5.35. The highest BCUT2D eigenvalue weighted by atomic mass is 16.3. The molecular weight excluding hydrogens is 342 g/mol. The van der Waals surface area contributed by atoms with Crippen LogP contribution in [-0.4, -0.2) is 28.2 Å². The number of H-pyrrole nitrogens is 1. The van der Waals surface area contributed by atoms with Crippen LogP contribution in [0.1, 0.15) is 29.0 Å². The largest absolute Gasteiger partial charge is 0.467 e. The van der Waals surface area contributed by atoms with Crippen molar-refractivity contribution in [2.24, 2.45) is 5.92 Å². The maximum Gasteiger partial charge on any atom is 0.225 e. The number of furan rings is 1. The van der Waals surface area contributed by atoms with E-state index in [4.69, 9.17) is 4.42 Å². The average molecular weight is 365 g/mol. The number of carbonyl (C=O) groups is 2. The normalized spacial score (nSPS) is 17.0. The van der Waals surface area contributed by atoms with E-state index < -0.39 is 0 Å². The lowest BCUT2D eigenvalue weighted by molar-refractivity contribution is -0.129. The van der Waals surface area contributed by atoms with Crippen molar-refractivity contribution in [2.45, 2.75) is 33.4 Å². The number of carbonyl (C=O) groups excluding carboxylic acids is 2. The summed E-state index contributed by atoms with van der Waals surface area (Å²) in [5.74, 6) is 0.334. The van der Waals surface area contributed by atoms with E-state index in [0.29, 0.717) is 19.6 Å². The van der Waals surface area contributed by atoms with Crippen LogP contribution in [0.4, 0.5) is 0 Å². The standard InChI is InChI=1S/C21H23N3O3/c1-13-14(2)23-19-6-5-15(8-18(13)19)10-22-21(26)16-9-20(25)24(11-16)12-17-4-3-7-27-17/h3-8,16,23H,9-12H2,1-2H3,(H,22,26). The molecule has 140 valence electrons. The predicted molar refractivity (Wildman–Crippen MR) is 102 cm³/mol. The molecule has 0 spiro atoms. The van der Waals surface area contributed by atoms with E-state index in [-0.39, 0.29) is 24.2 Å². The summed E-state index contributed by atoms with van der Waals surface area (Å²) in [6.45, 7) is 5.46. The first-order chi connectivity index (χ1) is 13.0. The highest BCUT2D eigenvalue weighted by Crippen LogP contribution is 2.23. The van der Waals surface area contributed by atoms with Crippen molar-refractivity contribution in [3.63, 3.8) is 0 Å². The summed E-state index contributed by atoms with van der Waals surface area (Å²) >= 11 is 0. The third kappa shape index (κ3) is 3.47. The number of fused-ring (bicyclic) bond motifs is 1. The minimum atomic E-state index is -0.313. The summed E-state index contributed by atoms with van der Waals surface area (Å²) in [6, 6.07) is 9.80. The van der Waals surface area contributed by atoms with Gasteiger partial charge in [0.15, 0.2) is 0 Å². The van der Waals surface area contributed by atoms with Crippen molar-refractivity contribution in [3.05, 3.63) is 59.2 Å². The second kappa shape index (κ2) is 6.95. The molecule has 6 heteroatoms. The molecule has 1 atom stereocenters. The lowest BCUT2D eigenvalue weighted by Crippen LogP contribution is -2.32.